The second kappa shape index (κ2) is 7.93. The summed E-state index contributed by atoms with van der Waals surface area (Å²) >= 11 is 0. The number of amides is 1. The van der Waals surface area contributed by atoms with Crippen molar-refractivity contribution in [2.45, 2.75) is 37.4 Å². The van der Waals surface area contributed by atoms with E-state index in [1.54, 1.807) is 43.3 Å². The predicted octanol–water partition coefficient (Wildman–Crippen LogP) is 4.32. The lowest BCUT2D eigenvalue weighted by Gasteiger charge is -2.23. The van der Waals surface area contributed by atoms with Crippen LogP contribution < -0.4 is 11.1 Å². The van der Waals surface area contributed by atoms with Crippen LogP contribution in [0.2, 0.25) is 0 Å². The minimum absolute atomic E-state index is 0.00472. The van der Waals surface area contributed by atoms with E-state index in [4.69, 9.17) is 5.73 Å². The Hall–Kier alpha value is -4.16. The Morgan fingerprint density at radius 2 is 1.78 bits per heavy atom. The van der Waals surface area contributed by atoms with Crippen LogP contribution in [0.15, 0.2) is 48.7 Å². The molecule has 0 saturated carbocycles. The Morgan fingerprint density at radius 1 is 1.06 bits per heavy atom. The standard InChI is InChI=1S/C23H18F5N7O/c1-21(12-6-3-2-4-7-12)14-16(29)31-18(32-17(14)33-20(21)36)15-13-8-5-10-30-19(13)35(34-15)11-9-22(24,25)23(26,27)28/h2-8,10H,9,11H2,1H3,(H3,29,31,32,33,36). The maximum Gasteiger partial charge on any atom is 0.453 e. The third-order valence-corrected chi connectivity index (χ3v) is 6.25. The van der Waals surface area contributed by atoms with Crippen LogP contribution in [0.25, 0.3) is 22.6 Å². The van der Waals surface area contributed by atoms with Crippen molar-refractivity contribution in [1.29, 1.82) is 0 Å². The first-order chi connectivity index (χ1) is 16.9. The first-order valence-electron chi connectivity index (χ1n) is 10.7. The van der Waals surface area contributed by atoms with Gasteiger partial charge in [0.2, 0.25) is 5.91 Å². The number of nitrogens with one attached hydrogen (secondary N) is 1. The summed E-state index contributed by atoms with van der Waals surface area (Å²) in [6, 6.07) is 12.0. The largest absolute Gasteiger partial charge is 0.453 e. The van der Waals surface area contributed by atoms with Gasteiger partial charge >= 0.3 is 12.1 Å². The van der Waals surface area contributed by atoms with Crippen molar-refractivity contribution in [3.05, 3.63) is 59.8 Å². The molecule has 13 heteroatoms. The molecule has 1 amide bonds. The van der Waals surface area contributed by atoms with Crippen LogP contribution in [0.3, 0.4) is 0 Å². The number of aromatic nitrogens is 5. The number of hydrogen-bond donors (Lipinski definition) is 2. The number of nitrogen functional groups attached to an aromatic ring is 1. The summed E-state index contributed by atoms with van der Waals surface area (Å²) in [6.07, 6.45) is -5.86. The molecule has 4 heterocycles. The molecule has 1 aromatic carbocycles. The minimum atomic E-state index is -5.69. The van der Waals surface area contributed by atoms with Gasteiger partial charge in [-0.1, -0.05) is 30.3 Å². The number of carbonyl (C=O) groups excluding carboxylic acids is 1. The van der Waals surface area contributed by atoms with Gasteiger partial charge in [-0.2, -0.15) is 27.1 Å². The van der Waals surface area contributed by atoms with Crippen molar-refractivity contribution in [2.75, 3.05) is 11.1 Å². The van der Waals surface area contributed by atoms with E-state index in [0.29, 0.717) is 16.5 Å². The van der Waals surface area contributed by atoms with Gasteiger partial charge in [0.15, 0.2) is 11.5 Å². The van der Waals surface area contributed by atoms with E-state index in [2.05, 4.69) is 25.4 Å². The Labute approximate surface area is 200 Å². The fourth-order valence-electron chi connectivity index (χ4n) is 4.28. The topological polar surface area (TPSA) is 112 Å². The highest BCUT2D eigenvalue weighted by Gasteiger charge is 2.56. The number of halogens is 5. The zero-order chi connectivity index (χ0) is 25.9. The number of alkyl halides is 5. The van der Waals surface area contributed by atoms with Gasteiger partial charge in [0.05, 0.1) is 10.9 Å². The number of anilines is 2. The summed E-state index contributed by atoms with van der Waals surface area (Å²) in [7, 11) is 0. The van der Waals surface area contributed by atoms with Crippen molar-refractivity contribution in [2.24, 2.45) is 0 Å². The summed E-state index contributed by atoms with van der Waals surface area (Å²) in [5.74, 6) is -5.16. The molecule has 4 aromatic rings. The highest BCUT2D eigenvalue weighted by atomic mass is 19.4. The number of nitrogens with two attached hydrogens (primary N) is 1. The monoisotopic (exact) mass is 503 g/mol. The molecule has 0 bridgehead atoms. The van der Waals surface area contributed by atoms with Gasteiger partial charge in [0.1, 0.15) is 22.7 Å². The molecule has 0 aliphatic carbocycles. The predicted molar refractivity (Wildman–Crippen MR) is 120 cm³/mol. The number of nitrogens with zero attached hydrogens (tertiary/aromatic N) is 5. The third kappa shape index (κ3) is 3.53. The fourth-order valence-corrected chi connectivity index (χ4v) is 4.28. The van der Waals surface area contributed by atoms with Crippen LogP contribution >= 0.6 is 0 Å². The molecule has 1 aliphatic rings. The van der Waals surface area contributed by atoms with E-state index in [-0.39, 0.29) is 34.7 Å². The number of fused-ring (bicyclic) bond motifs is 2. The van der Waals surface area contributed by atoms with Gasteiger partial charge in [-0.05, 0) is 24.6 Å². The SMILES string of the molecule is CC1(c2ccccc2)C(=O)Nc2nc(-c3nn(CCC(F)(F)C(F)(F)F)c4ncccc34)nc(N)c21. The molecule has 0 spiro atoms. The summed E-state index contributed by atoms with van der Waals surface area (Å²) in [6.45, 7) is 0.932. The van der Waals surface area contributed by atoms with Crippen LogP contribution in [0.4, 0.5) is 33.6 Å². The van der Waals surface area contributed by atoms with Gasteiger partial charge < -0.3 is 11.1 Å². The highest BCUT2D eigenvalue weighted by Crippen LogP contribution is 2.45. The summed E-state index contributed by atoms with van der Waals surface area (Å²) < 4.78 is 65.9. The smallest absolute Gasteiger partial charge is 0.383 e. The van der Waals surface area contributed by atoms with Gasteiger partial charge in [-0.3, -0.25) is 4.79 Å². The number of aryl methyl sites for hydroxylation is 1. The second-order valence-corrected chi connectivity index (χ2v) is 8.50. The molecular weight excluding hydrogens is 485 g/mol. The number of rotatable bonds is 5. The van der Waals surface area contributed by atoms with E-state index in [0.717, 1.165) is 4.68 Å². The molecule has 0 fully saturated rings. The molecule has 1 unspecified atom stereocenters. The Balaban J connectivity index is 1.58. The molecule has 0 radical (unpaired) electrons. The summed E-state index contributed by atoms with van der Waals surface area (Å²) in [5, 5.41) is 7.22. The average Bonchev–Trinajstić information content (AvgIpc) is 3.33. The molecule has 36 heavy (non-hydrogen) atoms. The number of hydrogen-bond acceptors (Lipinski definition) is 6. The molecule has 5 rings (SSSR count). The lowest BCUT2D eigenvalue weighted by Crippen LogP contribution is -2.37. The van der Waals surface area contributed by atoms with Crippen LogP contribution in [0, 0.1) is 0 Å². The first-order valence-corrected chi connectivity index (χ1v) is 10.7. The maximum absolute atomic E-state index is 13.5. The number of carbonyl (C=O) groups is 1. The molecule has 3 N–H and O–H groups in total. The first kappa shape index (κ1) is 23.6. The van der Waals surface area contributed by atoms with E-state index in [1.165, 1.54) is 6.20 Å². The van der Waals surface area contributed by atoms with Crippen LogP contribution in [0.5, 0.6) is 0 Å². The van der Waals surface area contributed by atoms with Gasteiger partial charge in [0.25, 0.3) is 0 Å². The normalized spacial score (nSPS) is 17.9. The quantitative estimate of drug-likeness (QED) is 0.393. The molecule has 186 valence electrons. The average molecular weight is 503 g/mol. The van der Waals surface area contributed by atoms with Gasteiger partial charge in [-0.15, -0.1) is 0 Å². The lowest BCUT2D eigenvalue weighted by molar-refractivity contribution is -0.285. The minimum Gasteiger partial charge on any atom is -0.383 e. The van der Waals surface area contributed by atoms with Gasteiger partial charge in [-0.25, -0.2) is 19.6 Å². The molecule has 1 atom stereocenters. The zero-order valence-electron chi connectivity index (χ0n) is 18.6. The van der Waals surface area contributed by atoms with E-state index >= 15 is 0 Å². The molecular formula is C23H18F5N7O. The summed E-state index contributed by atoms with van der Waals surface area (Å²) in [5.41, 5.74) is 6.31. The molecule has 8 nitrogen and oxygen atoms in total. The molecule has 3 aromatic heterocycles. The van der Waals surface area contributed by atoms with Crippen molar-refractivity contribution >= 4 is 28.6 Å². The Kier molecular flexibility index (Phi) is 5.19. The third-order valence-electron chi connectivity index (χ3n) is 6.25. The number of pyridine rings is 1. The van der Waals surface area contributed by atoms with Crippen LogP contribution in [0.1, 0.15) is 24.5 Å². The van der Waals surface area contributed by atoms with Crippen molar-refractivity contribution in [3.8, 4) is 11.5 Å². The van der Waals surface area contributed by atoms with Crippen molar-refractivity contribution < 1.29 is 26.7 Å². The molecule has 0 saturated heterocycles. The van der Waals surface area contributed by atoms with Gasteiger partial charge in [0, 0.05) is 19.2 Å². The van der Waals surface area contributed by atoms with Crippen molar-refractivity contribution in [3.63, 3.8) is 0 Å². The number of benzene rings is 1. The van der Waals surface area contributed by atoms with E-state index in [1.807, 2.05) is 6.07 Å². The van der Waals surface area contributed by atoms with E-state index < -0.39 is 30.5 Å². The zero-order valence-corrected chi connectivity index (χ0v) is 18.6. The van der Waals surface area contributed by atoms with Crippen LogP contribution in [-0.4, -0.2) is 42.7 Å². The maximum atomic E-state index is 13.5. The lowest BCUT2D eigenvalue weighted by atomic mass is 9.78. The fraction of sp³-hybridized carbons (Fsp3) is 0.261. The van der Waals surface area contributed by atoms with Crippen LogP contribution in [-0.2, 0) is 16.8 Å². The Bertz CT molecular complexity index is 1490. The van der Waals surface area contributed by atoms with E-state index in [9.17, 15) is 26.7 Å². The highest BCUT2D eigenvalue weighted by molar-refractivity contribution is 6.09. The Morgan fingerprint density at radius 3 is 2.47 bits per heavy atom. The summed E-state index contributed by atoms with van der Waals surface area (Å²) in [4.78, 5) is 25.8. The molecule has 1 aliphatic heterocycles. The second-order valence-electron chi connectivity index (χ2n) is 8.50. The van der Waals surface area contributed by atoms with Crippen molar-refractivity contribution in [1.82, 2.24) is 24.7 Å².